The van der Waals surface area contributed by atoms with Crippen molar-refractivity contribution in [2.75, 3.05) is 0 Å². The number of nitrogens with zero attached hydrogens (tertiary/aromatic N) is 1. The second-order valence-corrected chi connectivity index (χ2v) is 2.28. The Morgan fingerprint density at radius 2 is 2.44 bits per heavy atom. The smallest absolute Gasteiger partial charge is 0.161 e. The molecule has 9 heavy (non-hydrogen) atoms. The van der Waals surface area contributed by atoms with Gasteiger partial charge in [-0.3, -0.25) is 0 Å². The Hall–Kier alpha value is -0.600. The molecule has 0 aliphatic carbocycles. The molecule has 0 saturated heterocycles. The molecule has 0 aromatic carbocycles. The highest BCUT2D eigenvalue weighted by Gasteiger charge is 2.25. The number of hydrogen-bond donors (Lipinski definition) is 1. The van der Waals surface area contributed by atoms with E-state index in [0.717, 1.165) is 0 Å². The molecule has 2 nitrogen and oxygen atoms in total. The van der Waals surface area contributed by atoms with Crippen LogP contribution in [0, 0.1) is 0 Å². The van der Waals surface area contributed by atoms with E-state index in [-0.39, 0.29) is 6.04 Å². The highest BCUT2D eigenvalue weighted by Crippen LogP contribution is 2.09. The van der Waals surface area contributed by atoms with Crippen LogP contribution in [-0.2, 0) is 0 Å². The van der Waals surface area contributed by atoms with Crippen molar-refractivity contribution in [3.8, 4) is 0 Å². The second kappa shape index (κ2) is 2.33. The molecule has 1 aliphatic rings. The number of nitrogens with one attached hydrogen (secondary N) is 1. The van der Waals surface area contributed by atoms with Gasteiger partial charge in [-0.25, -0.2) is 4.39 Å². The van der Waals surface area contributed by atoms with Crippen LogP contribution >= 0.6 is 0 Å². The van der Waals surface area contributed by atoms with Crippen LogP contribution in [-0.4, -0.2) is 17.9 Å². The minimum Gasteiger partial charge on any atom is -0.304 e. The quantitative estimate of drug-likeness (QED) is 0.564. The zero-order valence-electron chi connectivity index (χ0n) is 5.69. The number of rotatable bonds is 1. The van der Waals surface area contributed by atoms with E-state index >= 15 is 0 Å². The topological polar surface area (TPSA) is 24.4 Å². The van der Waals surface area contributed by atoms with Crippen LogP contribution in [0.15, 0.2) is 5.10 Å². The van der Waals surface area contributed by atoms with Crippen LogP contribution in [0.2, 0.25) is 0 Å². The molecule has 0 amide bonds. The summed E-state index contributed by atoms with van der Waals surface area (Å²) in [7, 11) is 0. The fraction of sp³-hybridized carbons (Fsp3) is 0.833. The summed E-state index contributed by atoms with van der Waals surface area (Å²) in [4.78, 5) is 0. The van der Waals surface area contributed by atoms with Gasteiger partial charge in [0.1, 0.15) is 0 Å². The predicted octanol–water partition coefficient (Wildman–Crippen LogP) is 1.08. The third-order valence-corrected chi connectivity index (χ3v) is 1.53. The lowest BCUT2D eigenvalue weighted by atomic mass is 10.1. The van der Waals surface area contributed by atoms with Gasteiger partial charge in [0.15, 0.2) is 6.17 Å². The first kappa shape index (κ1) is 6.52. The van der Waals surface area contributed by atoms with Crippen molar-refractivity contribution in [3.05, 3.63) is 0 Å². The van der Waals surface area contributed by atoms with E-state index < -0.39 is 6.17 Å². The molecule has 0 bridgehead atoms. The highest BCUT2D eigenvalue weighted by atomic mass is 19.1. The molecule has 0 radical (unpaired) electrons. The van der Waals surface area contributed by atoms with Gasteiger partial charge in [-0.1, -0.05) is 6.92 Å². The first-order valence-corrected chi connectivity index (χ1v) is 3.21. The van der Waals surface area contributed by atoms with Crippen molar-refractivity contribution in [1.82, 2.24) is 5.43 Å². The van der Waals surface area contributed by atoms with Gasteiger partial charge >= 0.3 is 0 Å². The normalized spacial score (nSPS) is 33.9. The molecule has 0 fully saturated rings. The second-order valence-electron chi connectivity index (χ2n) is 2.28. The SMILES string of the molecule is CCC1=NNC(C)C1F. The average Bonchev–Trinajstić information content (AvgIpc) is 2.15. The van der Waals surface area contributed by atoms with Gasteiger partial charge in [0, 0.05) is 0 Å². The van der Waals surface area contributed by atoms with E-state index in [1.54, 1.807) is 6.92 Å². The van der Waals surface area contributed by atoms with Crippen LogP contribution in [0.1, 0.15) is 20.3 Å². The standard InChI is InChI=1S/C6H11FN2/c1-3-5-6(7)4(2)8-9-5/h4,6,8H,3H2,1-2H3. The Morgan fingerprint density at radius 1 is 1.78 bits per heavy atom. The van der Waals surface area contributed by atoms with Crippen molar-refractivity contribution in [2.45, 2.75) is 32.5 Å². The fourth-order valence-corrected chi connectivity index (χ4v) is 0.874. The first-order chi connectivity index (χ1) is 4.25. The third-order valence-electron chi connectivity index (χ3n) is 1.53. The zero-order chi connectivity index (χ0) is 6.85. The maximum atomic E-state index is 12.8. The monoisotopic (exact) mass is 130 g/mol. The molecule has 0 saturated carbocycles. The minimum atomic E-state index is -0.866. The van der Waals surface area contributed by atoms with Gasteiger partial charge in [0.25, 0.3) is 0 Å². The molecule has 2 atom stereocenters. The highest BCUT2D eigenvalue weighted by molar-refractivity contribution is 5.90. The largest absolute Gasteiger partial charge is 0.304 e. The van der Waals surface area contributed by atoms with Crippen molar-refractivity contribution >= 4 is 5.71 Å². The van der Waals surface area contributed by atoms with E-state index in [9.17, 15) is 4.39 Å². The van der Waals surface area contributed by atoms with Crippen LogP contribution < -0.4 is 5.43 Å². The average molecular weight is 130 g/mol. The third kappa shape index (κ3) is 1.04. The van der Waals surface area contributed by atoms with Crippen LogP contribution in [0.5, 0.6) is 0 Å². The molecule has 2 unspecified atom stereocenters. The summed E-state index contributed by atoms with van der Waals surface area (Å²) >= 11 is 0. The van der Waals surface area contributed by atoms with Crippen molar-refractivity contribution < 1.29 is 4.39 Å². The van der Waals surface area contributed by atoms with E-state index in [2.05, 4.69) is 10.5 Å². The van der Waals surface area contributed by atoms with Gasteiger partial charge in [-0.05, 0) is 13.3 Å². The summed E-state index contributed by atoms with van der Waals surface area (Å²) in [6.45, 7) is 3.70. The van der Waals surface area contributed by atoms with Crippen LogP contribution in [0.25, 0.3) is 0 Å². The molecule has 1 aliphatic heterocycles. The molecular weight excluding hydrogens is 119 g/mol. The van der Waals surface area contributed by atoms with Gasteiger partial charge in [-0.2, -0.15) is 5.10 Å². The van der Waals surface area contributed by atoms with Crippen molar-refractivity contribution in [3.63, 3.8) is 0 Å². The molecule has 52 valence electrons. The molecule has 1 rings (SSSR count). The van der Waals surface area contributed by atoms with Crippen molar-refractivity contribution in [1.29, 1.82) is 0 Å². The lowest BCUT2D eigenvalue weighted by molar-refractivity contribution is 0.361. The van der Waals surface area contributed by atoms with E-state index in [1.165, 1.54) is 0 Å². The number of hydrazone groups is 1. The Kier molecular flexibility index (Phi) is 1.69. The van der Waals surface area contributed by atoms with Gasteiger partial charge in [0.2, 0.25) is 0 Å². The number of hydrogen-bond acceptors (Lipinski definition) is 2. The summed E-state index contributed by atoms with van der Waals surface area (Å²) in [5.41, 5.74) is 3.32. The lowest BCUT2D eigenvalue weighted by Gasteiger charge is -2.04. The first-order valence-electron chi connectivity index (χ1n) is 3.21. The Balaban J connectivity index is 2.55. The summed E-state index contributed by atoms with van der Waals surface area (Å²) in [6.07, 6.45) is -0.159. The minimum absolute atomic E-state index is 0.125. The Morgan fingerprint density at radius 3 is 2.67 bits per heavy atom. The zero-order valence-corrected chi connectivity index (χ0v) is 5.69. The molecule has 0 aromatic heterocycles. The van der Waals surface area contributed by atoms with Gasteiger partial charge in [-0.15, -0.1) is 0 Å². The molecule has 1 N–H and O–H groups in total. The van der Waals surface area contributed by atoms with E-state index in [1.807, 2.05) is 6.92 Å². The maximum Gasteiger partial charge on any atom is 0.161 e. The van der Waals surface area contributed by atoms with Crippen molar-refractivity contribution in [2.24, 2.45) is 5.10 Å². The summed E-state index contributed by atoms with van der Waals surface area (Å²) in [5.74, 6) is 0. The fourth-order valence-electron chi connectivity index (χ4n) is 0.874. The molecule has 0 spiro atoms. The lowest BCUT2D eigenvalue weighted by Crippen LogP contribution is -2.27. The van der Waals surface area contributed by atoms with Gasteiger partial charge < -0.3 is 5.43 Å². The predicted molar refractivity (Wildman–Crippen MR) is 35.2 cm³/mol. The molecule has 1 heterocycles. The van der Waals surface area contributed by atoms with E-state index in [0.29, 0.717) is 12.1 Å². The van der Waals surface area contributed by atoms with Crippen LogP contribution in [0.3, 0.4) is 0 Å². The van der Waals surface area contributed by atoms with Gasteiger partial charge in [0.05, 0.1) is 11.8 Å². The molecule has 0 aromatic rings. The van der Waals surface area contributed by atoms with E-state index in [4.69, 9.17) is 0 Å². The Bertz CT molecular complexity index is 133. The molecule has 3 heteroatoms. The number of alkyl halides is 1. The summed E-state index contributed by atoms with van der Waals surface area (Å²) in [5, 5.41) is 3.81. The summed E-state index contributed by atoms with van der Waals surface area (Å²) in [6, 6.07) is -0.125. The maximum absolute atomic E-state index is 12.8. The van der Waals surface area contributed by atoms with Crippen LogP contribution in [0.4, 0.5) is 4.39 Å². The molecular formula is C6H11FN2. The Labute approximate surface area is 54.1 Å². The summed E-state index contributed by atoms with van der Waals surface area (Å²) < 4.78 is 12.8. The number of halogens is 1.